The minimum absolute atomic E-state index is 0.0228. The van der Waals surface area contributed by atoms with Gasteiger partial charge in [0, 0.05) is 51.5 Å². The van der Waals surface area contributed by atoms with Crippen LogP contribution < -0.4 is 10.2 Å². The number of benzene rings is 1. The summed E-state index contributed by atoms with van der Waals surface area (Å²) in [6.45, 7) is 10.2. The monoisotopic (exact) mass is 417 g/mol. The summed E-state index contributed by atoms with van der Waals surface area (Å²) in [5.41, 5.74) is 2.45. The number of anilines is 1. The van der Waals surface area contributed by atoms with Gasteiger partial charge in [-0.3, -0.25) is 14.8 Å². The van der Waals surface area contributed by atoms with Crippen LogP contribution in [0.15, 0.2) is 30.6 Å². The molecule has 0 unspecified atom stereocenters. The Balaban J connectivity index is 0.00000101. The number of carbonyl (C=O) groups excluding carboxylic acids is 1. The van der Waals surface area contributed by atoms with E-state index in [1.807, 2.05) is 4.90 Å². The van der Waals surface area contributed by atoms with Crippen molar-refractivity contribution in [1.82, 2.24) is 30.3 Å². The number of aromatic amines is 1. The number of nitrogens with zero attached hydrogens (tertiary/aromatic N) is 5. The molecule has 1 aromatic heterocycles. The van der Waals surface area contributed by atoms with Gasteiger partial charge in [-0.2, -0.15) is 5.10 Å². The molecule has 1 aliphatic rings. The molecular formula is C20H31N7O3. The fraction of sp³-hybridized carbons (Fsp3) is 0.500. The Morgan fingerprint density at radius 2 is 2.07 bits per heavy atom. The first-order chi connectivity index (χ1) is 14.6. The van der Waals surface area contributed by atoms with Gasteiger partial charge < -0.3 is 20.2 Å². The molecule has 0 atom stereocenters. The first-order valence-electron chi connectivity index (χ1n) is 10.1. The largest absolute Gasteiger partial charge is 0.483 e. The van der Waals surface area contributed by atoms with Crippen molar-refractivity contribution in [2.45, 2.75) is 20.4 Å². The number of hydrogen-bond acceptors (Lipinski definition) is 6. The maximum Gasteiger partial charge on any atom is 0.317 e. The van der Waals surface area contributed by atoms with Gasteiger partial charge in [0.25, 0.3) is 6.47 Å². The number of urea groups is 1. The summed E-state index contributed by atoms with van der Waals surface area (Å²) in [7, 11) is 0. The molecule has 0 saturated carbocycles. The fourth-order valence-corrected chi connectivity index (χ4v) is 3.33. The Labute approximate surface area is 176 Å². The molecule has 3 rings (SSSR count). The van der Waals surface area contributed by atoms with Gasteiger partial charge in [-0.1, -0.05) is 12.1 Å². The van der Waals surface area contributed by atoms with Gasteiger partial charge in [0.05, 0.1) is 6.54 Å². The molecule has 1 fully saturated rings. The smallest absolute Gasteiger partial charge is 0.317 e. The Kier molecular flexibility index (Phi) is 9.59. The number of amides is 2. The van der Waals surface area contributed by atoms with Crippen molar-refractivity contribution in [3.05, 3.63) is 42.0 Å². The van der Waals surface area contributed by atoms with E-state index in [4.69, 9.17) is 9.90 Å². The van der Waals surface area contributed by atoms with Crippen LogP contribution in [0.25, 0.3) is 0 Å². The number of nitrogens with one attached hydrogen (secondary N) is 2. The van der Waals surface area contributed by atoms with Gasteiger partial charge in [0.2, 0.25) is 0 Å². The molecule has 1 aromatic carbocycles. The van der Waals surface area contributed by atoms with Gasteiger partial charge >= 0.3 is 6.03 Å². The topological polar surface area (TPSA) is 118 Å². The minimum atomic E-state index is -0.250. The SMILES string of the molecule is CCN(CCNC(=O)N1CCN(Cc2ncn[nH]2)CC1)c1cccc(C)c1.O=CO. The lowest BCUT2D eigenvalue weighted by atomic mass is 10.2. The van der Waals surface area contributed by atoms with Crippen molar-refractivity contribution in [2.75, 3.05) is 50.7 Å². The molecule has 1 saturated heterocycles. The third-order valence-electron chi connectivity index (χ3n) is 4.90. The molecule has 0 radical (unpaired) electrons. The molecule has 2 aromatic rings. The molecule has 1 aliphatic heterocycles. The summed E-state index contributed by atoms with van der Waals surface area (Å²) < 4.78 is 0. The lowest BCUT2D eigenvalue weighted by Gasteiger charge is -2.34. The number of aryl methyl sites for hydroxylation is 1. The summed E-state index contributed by atoms with van der Waals surface area (Å²) in [6, 6.07) is 8.49. The molecule has 10 heteroatoms. The lowest BCUT2D eigenvalue weighted by Crippen LogP contribution is -2.52. The van der Waals surface area contributed by atoms with Crippen molar-refractivity contribution in [3.8, 4) is 0 Å². The van der Waals surface area contributed by atoms with Gasteiger partial charge in [-0.05, 0) is 31.5 Å². The first-order valence-corrected chi connectivity index (χ1v) is 10.1. The number of hydrogen-bond donors (Lipinski definition) is 3. The first kappa shape index (κ1) is 23.1. The maximum absolute atomic E-state index is 12.4. The highest BCUT2D eigenvalue weighted by Crippen LogP contribution is 2.15. The number of carbonyl (C=O) groups is 2. The zero-order valence-electron chi connectivity index (χ0n) is 17.6. The molecule has 2 heterocycles. The number of H-pyrrole nitrogens is 1. The average Bonchev–Trinajstić information content (AvgIpc) is 3.25. The summed E-state index contributed by atoms with van der Waals surface area (Å²) in [5.74, 6) is 0.865. The quantitative estimate of drug-likeness (QED) is 0.579. The van der Waals surface area contributed by atoms with Crippen molar-refractivity contribution >= 4 is 18.2 Å². The highest BCUT2D eigenvalue weighted by Gasteiger charge is 2.21. The van der Waals surface area contributed by atoms with Crippen molar-refractivity contribution in [3.63, 3.8) is 0 Å². The molecule has 30 heavy (non-hydrogen) atoms. The molecule has 0 aliphatic carbocycles. The number of aromatic nitrogens is 3. The van der Waals surface area contributed by atoms with Crippen LogP contribution in [0.2, 0.25) is 0 Å². The van der Waals surface area contributed by atoms with Crippen LogP contribution in [0.5, 0.6) is 0 Å². The van der Waals surface area contributed by atoms with Gasteiger partial charge in [-0.15, -0.1) is 0 Å². The van der Waals surface area contributed by atoms with Gasteiger partial charge in [0.1, 0.15) is 12.2 Å². The Morgan fingerprint density at radius 1 is 1.33 bits per heavy atom. The predicted octanol–water partition coefficient (Wildman–Crippen LogP) is 1.17. The van der Waals surface area contributed by atoms with Crippen LogP contribution in [-0.4, -0.2) is 88.4 Å². The summed E-state index contributed by atoms with van der Waals surface area (Å²) in [4.78, 5) is 31.4. The molecule has 164 valence electrons. The van der Waals surface area contributed by atoms with Gasteiger partial charge in [-0.25, -0.2) is 9.78 Å². The second kappa shape index (κ2) is 12.4. The second-order valence-electron chi connectivity index (χ2n) is 6.95. The third-order valence-corrected chi connectivity index (χ3v) is 4.90. The maximum atomic E-state index is 12.4. The van der Waals surface area contributed by atoms with E-state index in [1.54, 1.807) is 0 Å². The molecule has 0 bridgehead atoms. The number of likely N-dealkylation sites (N-methyl/N-ethyl adjacent to an activating group) is 1. The molecular weight excluding hydrogens is 386 g/mol. The predicted molar refractivity (Wildman–Crippen MR) is 114 cm³/mol. The van der Waals surface area contributed by atoms with E-state index in [1.165, 1.54) is 17.6 Å². The minimum Gasteiger partial charge on any atom is -0.483 e. The van der Waals surface area contributed by atoms with Crippen molar-refractivity contribution < 1.29 is 14.7 Å². The van der Waals surface area contributed by atoms with E-state index in [-0.39, 0.29) is 12.5 Å². The van der Waals surface area contributed by atoms with Crippen molar-refractivity contribution in [2.24, 2.45) is 0 Å². The summed E-state index contributed by atoms with van der Waals surface area (Å²) in [5, 5.41) is 16.7. The summed E-state index contributed by atoms with van der Waals surface area (Å²) in [6.07, 6.45) is 1.52. The number of carboxylic acid groups (broad SMARTS) is 1. The molecule has 3 N–H and O–H groups in total. The van der Waals surface area contributed by atoms with Gasteiger partial charge in [0.15, 0.2) is 0 Å². The van der Waals surface area contributed by atoms with Crippen molar-refractivity contribution in [1.29, 1.82) is 0 Å². The normalized spacial score (nSPS) is 13.9. The van der Waals surface area contributed by atoms with E-state index in [2.05, 4.69) is 68.4 Å². The van der Waals surface area contributed by atoms with Crippen LogP contribution in [0.3, 0.4) is 0 Å². The molecule has 2 amide bonds. The van der Waals surface area contributed by atoms with E-state index in [0.29, 0.717) is 6.54 Å². The molecule has 10 nitrogen and oxygen atoms in total. The highest BCUT2D eigenvalue weighted by atomic mass is 16.3. The summed E-state index contributed by atoms with van der Waals surface area (Å²) >= 11 is 0. The van der Waals surface area contributed by atoms with E-state index >= 15 is 0 Å². The van der Waals surface area contributed by atoms with E-state index in [9.17, 15) is 4.79 Å². The zero-order valence-corrected chi connectivity index (χ0v) is 17.6. The standard InChI is InChI=1S/C19H29N7O.CH2O2/c1-3-25(17-6-4-5-16(2)13-17)8-7-20-19(27)26-11-9-24(10-12-26)14-18-21-15-22-23-18;2-1-3/h4-6,13,15H,3,7-12,14H2,1-2H3,(H,20,27)(H,21,22,23);1H,(H,2,3). The Hall–Kier alpha value is -3.14. The number of rotatable bonds is 7. The Morgan fingerprint density at radius 3 is 2.67 bits per heavy atom. The van der Waals surface area contributed by atoms with E-state index < -0.39 is 0 Å². The fourth-order valence-electron chi connectivity index (χ4n) is 3.33. The van der Waals surface area contributed by atoms with Crippen LogP contribution in [-0.2, 0) is 11.3 Å². The third kappa shape index (κ3) is 7.36. The van der Waals surface area contributed by atoms with Crippen LogP contribution in [0.4, 0.5) is 10.5 Å². The van der Waals surface area contributed by atoms with E-state index in [0.717, 1.165) is 51.6 Å². The Bertz CT molecular complexity index is 762. The molecule has 0 spiro atoms. The van der Waals surface area contributed by atoms with Crippen LogP contribution in [0, 0.1) is 6.92 Å². The lowest BCUT2D eigenvalue weighted by molar-refractivity contribution is -0.122. The van der Waals surface area contributed by atoms with Crippen LogP contribution >= 0.6 is 0 Å². The average molecular weight is 418 g/mol. The van der Waals surface area contributed by atoms with Crippen LogP contribution in [0.1, 0.15) is 18.3 Å². The zero-order chi connectivity index (χ0) is 21.8. The highest BCUT2D eigenvalue weighted by molar-refractivity contribution is 5.74. The number of piperazine rings is 1. The second-order valence-corrected chi connectivity index (χ2v) is 6.95.